The van der Waals surface area contributed by atoms with Crippen LogP contribution in [0.15, 0.2) is 12.3 Å². The van der Waals surface area contributed by atoms with Crippen LogP contribution in [0.3, 0.4) is 0 Å². The molecule has 1 aromatic rings. The van der Waals surface area contributed by atoms with E-state index in [4.69, 9.17) is 0 Å². The van der Waals surface area contributed by atoms with Crippen molar-refractivity contribution >= 4 is 17.8 Å². The Bertz CT molecular complexity index is 568. The lowest BCUT2D eigenvalue weighted by molar-refractivity contribution is -0.149. The number of hydrogen-bond acceptors (Lipinski definition) is 5. The lowest BCUT2D eigenvalue weighted by Crippen LogP contribution is -2.61. The van der Waals surface area contributed by atoms with Gasteiger partial charge in [-0.25, -0.2) is 14.8 Å². The van der Waals surface area contributed by atoms with Crippen LogP contribution in [-0.4, -0.2) is 32.7 Å². The second kappa shape index (κ2) is 4.42. The number of nitrogens with zero attached hydrogens (tertiary/aromatic N) is 3. The molecule has 4 amide bonds. The van der Waals surface area contributed by atoms with E-state index in [9.17, 15) is 14.4 Å². The van der Waals surface area contributed by atoms with Crippen LogP contribution in [0.5, 0.6) is 0 Å². The molecule has 1 N–H and O–H groups in total. The number of urea groups is 1. The SMILES string of the molecule is Cc1nccc(CN2C(=O)NC(=O)C(C)(C)C2=O)n1. The molecule has 0 aromatic carbocycles. The monoisotopic (exact) mass is 262 g/mol. The highest BCUT2D eigenvalue weighted by molar-refractivity contribution is 6.18. The minimum absolute atomic E-state index is 0.0186. The number of barbiturate groups is 1. The van der Waals surface area contributed by atoms with Crippen molar-refractivity contribution in [2.45, 2.75) is 27.3 Å². The highest BCUT2D eigenvalue weighted by atomic mass is 16.2. The number of hydrogen-bond donors (Lipinski definition) is 1. The number of nitrogens with one attached hydrogen (secondary N) is 1. The Morgan fingerprint density at radius 3 is 2.63 bits per heavy atom. The predicted octanol–water partition coefficient (Wildman–Crippen LogP) is 0.390. The second-order valence-corrected chi connectivity index (χ2v) is 4.87. The fourth-order valence-electron chi connectivity index (χ4n) is 1.75. The van der Waals surface area contributed by atoms with Gasteiger partial charge in [0, 0.05) is 6.20 Å². The zero-order valence-corrected chi connectivity index (χ0v) is 10.9. The highest BCUT2D eigenvalue weighted by Gasteiger charge is 2.46. The maximum absolute atomic E-state index is 12.2. The van der Waals surface area contributed by atoms with Gasteiger partial charge in [-0.1, -0.05) is 0 Å². The summed E-state index contributed by atoms with van der Waals surface area (Å²) in [4.78, 5) is 44.5. The second-order valence-electron chi connectivity index (χ2n) is 4.87. The Kier molecular flexibility index (Phi) is 3.05. The van der Waals surface area contributed by atoms with Crippen LogP contribution in [0.25, 0.3) is 0 Å². The minimum Gasteiger partial charge on any atom is -0.277 e. The summed E-state index contributed by atoms with van der Waals surface area (Å²) in [6.07, 6.45) is 1.56. The van der Waals surface area contributed by atoms with Gasteiger partial charge in [0.25, 0.3) is 0 Å². The van der Waals surface area contributed by atoms with Gasteiger partial charge in [-0.05, 0) is 26.8 Å². The summed E-state index contributed by atoms with van der Waals surface area (Å²) >= 11 is 0. The lowest BCUT2D eigenvalue weighted by Gasteiger charge is -2.34. The first kappa shape index (κ1) is 13.1. The number of carbonyl (C=O) groups is 3. The summed E-state index contributed by atoms with van der Waals surface area (Å²) in [7, 11) is 0. The Hall–Kier alpha value is -2.31. The molecule has 19 heavy (non-hydrogen) atoms. The largest absolute Gasteiger partial charge is 0.331 e. The molecule has 0 radical (unpaired) electrons. The molecule has 0 saturated carbocycles. The number of rotatable bonds is 2. The molecule has 7 heteroatoms. The topological polar surface area (TPSA) is 92.3 Å². The fourth-order valence-corrected chi connectivity index (χ4v) is 1.75. The number of amides is 4. The Morgan fingerprint density at radius 1 is 1.32 bits per heavy atom. The molecule has 0 atom stereocenters. The van der Waals surface area contributed by atoms with Crippen LogP contribution < -0.4 is 5.32 Å². The third-order valence-electron chi connectivity index (χ3n) is 2.97. The smallest absolute Gasteiger partial charge is 0.277 e. The third-order valence-corrected chi connectivity index (χ3v) is 2.97. The van der Waals surface area contributed by atoms with Crippen LogP contribution in [0.1, 0.15) is 25.4 Å². The van der Waals surface area contributed by atoms with E-state index in [2.05, 4.69) is 15.3 Å². The summed E-state index contributed by atoms with van der Waals surface area (Å²) in [5.41, 5.74) is -0.711. The van der Waals surface area contributed by atoms with Gasteiger partial charge in [0.1, 0.15) is 11.2 Å². The maximum Gasteiger partial charge on any atom is 0.331 e. The van der Waals surface area contributed by atoms with Crippen molar-refractivity contribution in [1.82, 2.24) is 20.2 Å². The molecule has 2 heterocycles. The first-order valence-electron chi connectivity index (χ1n) is 5.78. The number of imide groups is 2. The maximum atomic E-state index is 12.2. The van der Waals surface area contributed by atoms with Gasteiger partial charge in [-0.2, -0.15) is 0 Å². The van der Waals surface area contributed by atoms with Gasteiger partial charge in [0.15, 0.2) is 0 Å². The molecule has 0 spiro atoms. The van der Waals surface area contributed by atoms with Crippen LogP contribution in [-0.2, 0) is 16.1 Å². The molecule has 7 nitrogen and oxygen atoms in total. The van der Waals surface area contributed by atoms with E-state index >= 15 is 0 Å². The number of aryl methyl sites for hydroxylation is 1. The van der Waals surface area contributed by atoms with Crippen LogP contribution in [0, 0.1) is 12.3 Å². The summed E-state index contributed by atoms with van der Waals surface area (Å²) in [6, 6.07) is 0.905. The molecule has 1 saturated heterocycles. The standard InChI is InChI=1S/C12H14N4O3/c1-7-13-5-4-8(14-7)6-16-10(18)12(2,3)9(17)15-11(16)19/h4-5H,6H2,1-3H3,(H,15,17,19). The van der Waals surface area contributed by atoms with Gasteiger partial charge in [-0.15, -0.1) is 0 Å². The predicted molar refractivity (Wildman–Crippen MR) is 64.6 cm³/mol. The molecule has 2 rings (SSSR count). The van der Waals surface area contributed by atoms with Crippen molar-refractivity contribution in [2.24, 2.45) is 5.41 Å². The van der Waals surface area contributed by atoms with Crippen molar-refractivity contribution in [3.8, 4) is 0 Å². The van der Waals surface area contributed by atoms with E-state index < -0.39 is 23.3 Å². The minimum atomic E-state index is -1.25. The molecule has 1 aliphatic heterocycles. The van der Waals surface area contributed by atoms with E-state index in [-0.39, 0.29) is 6.54 Å². The van der Waals surface area contributed by atoms with Crippen molar-refractivity contribution in [1.29, 1.82) is 0 Å². The Morgan fingerprint density at radius 2 is 2.00 bits per heavy atom. The molecule has 0 aliphatic carbocycles. The van der Waals surface area contributed by atoms with Gasteiger partial charge in [0.2, 0.25) is 11.8 Å². The average Bonchev–Trinajstić information content (AvgIpc) is 2.33. The Balaban J connectivity index is 2.26. The van der Waals surface area contributed by atoms with Crippen LogP contribution >= 0.6 is 0 Å². The Labute approximate surface area is 110 Å². The fraction of sp³-hybridized carbons (Fsp3) is 0.417. The van der Waals surface area contributed by atoms with E-state index in [1.54, 1.807) is 19.2 Å². The first-order valence-corrected chi connectivity index (χ1v) is 5.78. The first-order chi connectivity index (χ1) is 8.82. The van der Waals surface area contributed by atoms with E-state index in [0.29, 0.717) is 11.5 Å². The summed E-state index contributed by atoms with van der Waals surface area (Å²) in [5.74, 6) is -0.562. The third kappa shape index (κ3) is 2.31. The molecule has 1 fully saturated rings. The van der Waals surface area contributed by atoms with Crippen LogP contribution in [0.4, 0.5) is 4.79 Å². The summed E-state index contributed by atoms with van der Waals surface area (Å²) < 4.78 is 0. The van der Waals surface area contributed by atoms with E-state index in [1.165, 1.54) is 13.8 Å². The molecule has 1 aliphatic rings. The lowest BCUT2D eigenvalue weighted by atomic mass is 9.89. The molecule has 0 unspecified atom stereocenters. The normalized spacial score (nSPS) is 18.5. The zero-order chi connectivity index (χ0) is 14.2. The van der Waals surface area contributed by atoms with Gasteiger partial charge < -0.3 is 0 Å². The van der Waals surface area contributed by atoms with Crippen molar-refractivity contribution in [2.75, 3.05) is 0 Å². The van der Waals surface area contributed by atoms with E-state index in [0.717, 1.165) is 4.90 Å². The van der Waals surface area contributed by atoms with Gasteiger partial charge >= 0.3 is 6.03 Å². The molecular weight excluding hydrogens is 248 g/mol. The van der Waals surface area contributed by atoms with Crippen molar-refractivity contribution in [3.63, 3.8) is 0 Å². The molecular formula is C12H14N4O3. The zero-order valence-electron chi connectivity index (χ0n) is 10.9. The van der Waals surface area contributed by atoms with Crippen molar-refractivity contribution in [3.05, 3.63) is 23.8 Å². The average molecular weight is 262 g/mol. The van der Waals surface area contributed by atoms with Gasteiger partial charge in [-0.3, -0.25) is 19.8 Å². The summed E-state index contributed by atoms with van der Waals surface area (Å²) in [5, 5.41) is 2.17. The van der Waals surface area contributed by atoms with E-state index in [1.807, 2.05) is 0 Å². The summed E-state index contributed by atoms with van der Waals surface area (Å²) in [6.45, 7) is 4.70. The number of aromatic nitrogens is 2. The number of carbonyl (C=O) groups excluding carboxylic acids is 3. The molecule has 1 aromatic heterocycles. The highest BCUT2D eigenvalue weighted by Crippen LogP contribution is 2.24. The van der Waals surface area contributed by atoms with Gasteiger partial charge in [0.05, 0.1) is 12.2 Å². The molecule has 100 valence electrons. The van der Waals surface area contributed by atoms with Crippen LogP contribution in [0.2, 0.25) is 0 Å². The quantitative estimate of drug-likeness (QED) is 0.778. The van der Waals surface area contributed by atoms with Crippen molar-refractivity contribution < 1.29 is 14.4 Å². The molecule has 0 bridgehead atoms.